The second-order valence-corrected chi connectivity index (χ2v) is 7.53. The Morgan fingerprint density at radius 2 is 1.58 bits per heavy atom. The molecule has 0 fully saturated rings. The van der Waals surface area contributed by atoms with Crippen molar-refractivity contribution in [2.75, 3.05) is 33.4 Å². The van der Waals surface area contributed by atoms with E-state index in [1.165, 1.54) is 0 Å². The van der Waals surface area contributed by atoms with Crippen LogP contribution in [0, 0.1) is 0 Å². The van der Waals surface area contributed by atoms with Crippen molar-refractivity contribution in [3.63, 3.8) is 0 Å². The van der Waals surface area contributed by atoms with E-state index in [2.05, 4.69) is 23.7 Å². The van der Waals surface area contributed by atoms with E-state index in [0.717, 1.165) is 47.8 Å². The maximum Gasteiger partial charge on any atom is 0.120 e. The maximum atomic E-state index is 11.8. The van der Waals surface area contributed by atoms with Gasteiger partial charge in [-0.1, -0.05) is 44.2 Å². The van der Waals surface area contributed by atoms with Gasteiger partial charge in [-0.15, -0.1) is 0 Å². The summed E-state index contributed by atoms with van der Waals surface area (Å²) in [6.07, 6.45) is 3.85. The first-order valence-corrected chi connectivity index (χ1v) is 10.8. The number of pyridine rings is 1. The SMILES string of the molecule is CCN(CC)CCOc1ccc(C(O)(Cc2ccc(OC)cc2)c2cccnc2)cc1. The van der Waals surface area contributed by atoms with E-state index < -0.39 is 5.60 Å². The van der Waals surface area contributed by atoms with Gasteiger partial charge in [0.1, 0.15) is 23.7 Å². The summed E-state index contributed by atoms with van der Waals surface area (Å²) in [7, 11) is 1.65. The summed E-state index contributed by atoms with van der Waals surface area (Å²) in [5.41, 5.74) is 1.35. The first-order chi connectivity index (χ1) is 15.1. The molecule has 0 bridgehead atoms. The van der Waals surface area contributed by atoms with Crippen molar-refractivity contribution >= 4 is 0 Å². The zero-order chi connectivity index (χ0) is 22.1. The van der Waals surface area contributed by atoms with Gasteiger partial charge in [0.15, 0.2) is 0 Å². The van der Waals surface area contributed by atoms with E-state index in [9.17, 15) is 5.11 Å². The molecule has 1 unspecified atom stereocenters. The van der Waals surface area contributed by atoms with Crippen molar-refractivity contribution in [1.82, 2.24) is 9.88 Å². The van der Waals surface area contributed by atoms with Crippen LogP contribution in [0.25, 0.3) is 0 Å². The molecule has 0 saturated heterocycles. The van der Waals surface area contributed by atoms with E-state index in [4.69, 9.17) is 9.47 Å². The highest BCUT2D eigenvalue weighted by Crippen LogP contribution is 2.34. The molecular weight excluding hydrogens is 388 g/mol. The Morgan fingerprint density at radius 1 is 0.903 bits per heavy atom. The Morgan fingerprint density at radius 3 is 2.16 bits per heavy atom. The Bertz CT molecular complexity index is 910. The fraction of sp³-hybridized carbons (Fsp3) is 0.346. The molecule has 0 saturated carbocycles. The van der Waals surface area contributed by atoms with Crippen LogP contribution < -0.4 is 9.47 Å². The average molecular weight is 421 g/mol. The van der Waals surface area contributed by atoms with E-state index >= 15 is 0 Å². The first-order valence-electron chi connectivity index (χ1n) is 10.8. The minimum Gasteiger partial charge on any atom is -0.497 e. The molecular formula is C26H32N2O3. The summed E-state index contributed by atoms with van der Waals surface area (Å²) in [5, 5.41) is 11.8. The minimum atomic E-state index is -1.21. The van der Waals surface area contributed by atoms with Crippen molar-refractivity contribution < 1.29 is 14.6 Å². The summed E-state index contributed by atoms with van der Waals surface area (Å²) in [4.78, 5) is 6.55. The van der Waals surface area contributed by atoms with Gasteiger partial charge in [0.05, 0.1) is 7.11 Å². The lowest BCUT2D eigenvalue weighted by Crippen LogP contribution is -2.30. The summed E-state index contributed by atoms with van der Waals surface area (Å²) < 4.78 is 11.2. The molecule has 164 valence electrons. The Balaban J connectivity index is 1.80. The van der Waals surface area contributed by atoms with E-state index in [1.54, 1.807) is 19.5 Å². The van der Waals surface area contributed by atoms with Crippen LogP contribution in [-0.2, 0) is 12.0 Å². The van der Waals surface area contributed by atoms with Gasteiger partial charge in [-0.25, -0.2) is 0 Å². The number of benzene rings is 2. The van der Waals surface area contributed by atoms with Crippen molar-refractivity contribution in [3.8, 4) is 11.5 Å². The molecule has 0 amide bonds. The molecule has 3 aromatic rings. The third-order valence-electron chi connectivity index (χ3n) is 5.66. The van der Waals surface area contributed by atoms with E-state index in [0.29, 0.717) is 13.0 Å². The van der Waals surface area contributed by atoms with Crippen molar-refractivity contribution in [2.24, 2.45) is 0 Å². The largest absolute Gasteiger partial charge is 0.497 e. The van der Waals surface area contributed by atoms with Crippen molar-refractivity contribution in [2.45, 2.75) is 25.9 Å². The van der Waals surface area contributed by atoms with E-state index in [-0.39, 0.29) is 0 Å². The van der Waals surface area contributed by atoms with Crippen LogP contribution >= 0.6 is 0 Å². The monoisotopic (exact) mass is 420 g/mol. The van der Waals surface area contributed by atoms with E-state index in [1.807, 2.05) is 60.7 Å². The van der Waals surface area contributed by atoms with Gasteiger partial charge in [0.2, 0.25) is 0 Å². The van der Waals surface area contributed by atoms with Gasteiger partial charge in [-0.05, 0) is 54.5 Å². The quantitative estimate of drug-likeness (QED) is 0.502. The predicted octanol–water partition coefficient (Wildman–Crippen LogP) is 4.29. The van der Waals surface area contributed by atoms with Gasteiger partial charge >= 0.3 is 0 Å². The molecule has 3 rings (SSSR count). The maximum absolute atomic E-state index is 11.8. The van der Waals surface area contributed by atoms with Crippen LogP contribution in [0.1, 0.15) is 30.5 Å². The molecule has 1 atom stereocenters. The second kappa shape index (κ2) is 10.9. The summed E-state index contributed by atoms with van der Waals surface area (Å²) in [6.45, 7) is 7.87. The van der Waals surface area contributed by atoms with Gasteiger partial charge in [-0.2, -0.15) is 0 Å². The number of likely N-dealkylation sites (N-methyl/N-ethyl adjacent to an activating group) is 1. The number of nitrogens with zero attached hydrogens (tertiary/aromatic N) is 2. The third-order valence-corrected chi connectivity index (χ3v) is 5.66. The van der Waals surface area contributed by atoms with Gasteiger partial charge < -0.3 is 19.5 Å². The summed E-state index contributed by atoms with van der Waals surface area (Å²) >= 11 is 0. The third kappa shape index (κ3) is 5.84. The Hall–Kier alpha value is -2.89. The molecule has 31 heavy (non-hydrogen) atoms. The molecule has 1 N–H and O–H groups in total. The van der Waals surface area contributed by atoms with Crippen LogP contribution in [0.4, 0.5) is 0 Å². The number of hydrogen-bond donors (Lipinski definition) is 1. The fourth-order valence-electron chi connectivity index (χ4n) is 3.68. The zero-order valence-corrected chi connectivity index (χ0v) is 18.6. The Kier molecular flexibility index (Phi) is 8.04. The van der Waals surface area contributed by atoms with Gasteiger partial charge in [-0.3, -0.25) is 4.98 Å². The fourth-order valence-corrected chi connectivity index (χ4v) is 3.68. The number of ether oxygens (including phenoxy) is 2. The molecule has 0 spiro atoms. The molecule has 0 aliphatic carbocycles. The standard InChI is InChI=1S/C26H32N2O3/c1-4-28(5-2)17-18-31-25-14-10-22(11-15-25)26(29,23-7-6-16-27-20-23)19-21-8-12-24(30-3)13-9-21/h6-16,20,29H,4-5,17-19H2,1-3H3. The number of methoxy groups -OCH3 is 1. The smallest absolute Gasteiger partial charge is 0.120 e. The minimum absolute atomic E-state index is 0.421. The molecule has 1 heterocycles. The van der Waals surface area contributed by atoms with Gasteiger partial charge in [0.25, 0.3) is 0 Å². The molecule has 0 aliphatic heterocycles. The van der Waals surface area contributed by atoms with Crippen molar-refractivity contribution in [1.29, 1.82) is 0 Å². The highest BCUT2D eigenvalue weighted by Gasteiger charge is 2.32. The predicted molar refractivity (Wildman–Crippen MR) is 124 cm³/mol. The van der Waals surface area contributed by atoms with Crippen LogP contribution in [0.2, 0.25) is 0 Å². The van der Waals surface area contributed by atoms with Crippen LogP contribution in [0.15, 0.2) is 73.1 Å². The highest BCUT2D eigenvalue weighted by molar-refractivity contribution is 5.40. The molecule has 5 nitrogen and oxygen atoms in total. The van der Waals surface area contributed by atoms with Crippen LogP contribution in [-0.4, -0.2) is 48.3 Å². The second-order valence-electron chi connectivity index (χ2n) is 7.53. The zero-order valence-electron chi connectivity index (χ0n) is 18.6. The lowest BCUT2D eigenvalue weighted by atomic mass is 9.82. The molecule has 0 aliphatic rings. The normalized spacial score (nSPS) is 13.1. The summed E-state index contributed by atoms with van der Waals surface area (Å²) in [6, 6.07) is 19.2. The summed E-state index contributed by atoms with van der Waals surface area (Å²) in [5.74, 6) is 1.59. The molecule has 5 heteroatoms. The molecule has 1 aromatic heterocycles. The van der Waals surface area contributed by atoms with Crippen molar-refractivity contribution in [3.05, 3.63) is 89.7 Å². The lowest BCUT2D eigenvalue weighted by molar-refractivity contribution is 0.0807. The molecule has 2 aromatic carbocycles. The van der Waals surface area contributed by atoms with Gasteiger partial charge in [0, 0.05) is 30.9 Å². The number of rotatable bonds is 11. The highest BCUT2D eigenvalue weighted by atomic mass is 16.5. The number of aromatic nitrogens is 1. The van der Waals surface area contributed by atoms with Crippen LogP contribution in [0.5, 0.6) is 11.5 Å². The van der Waals surface area contributed by atoms with Crippen LogP contribution in [0.3, 0.4) is 0 Å². The average Bonchev–Trinajstić information content (AvgIpc) is 2.83. The first kappa shape index (κ1) is 22.8. The number of hydrogen-bond acceptors (Lipinski definition) is 5. The Labute approximate surface area is 185 Å². The topological polar surface area (TPSA) is 54.8 Å². The lowest BCUT2D eigenvalue weighted by Gasteiger charge is -2.29. The number of aliphatic hydroxyl groups is 1. The molecule has 0 radical (unpaired) electrons.